The summed E-state index contributed by atoms with van der Waals surface area (Å²) in [6, 6.07) is 7.14. The molecule has 1 amide bonds. The van der Waals surface area contributed by atoms with Crippen molar-refractivity contribution < 1.29 is 18.4 Å². The number of halogens is 2. The lowest BCUT2D eigenvalue weighted by Crippen LogP contribution is -2.33. The van der Waals surface area contributed by atoms with Crippen LogP contribution in [-0.4, -0.2) is 27.9 Å². The van der Waals surface area contributed by atoms with E-state index in [1.54, 1.807) is 6.92 Å². The number of aromatic nitrogens is 2. The molecular formula is C16H19F2N3O2. The van der Waals surface area contributed by atoms with Crippen LogP contribution in [0.1, 0.15) is 46.6 Å². The van der Waals surface area contributed by atoms with Crippen LogP contribution in [0.3, 0.4) is 0 Å². The molecule has 2 aromatic rings. The Labute approximate surface area is 133 Å². The lowest BCUT2D eigenvalue weighted by molar-refractivity contribution is -0.121. The molecule has 0 N–H and O–H groups in total. The van der Waals surface area contributed by atoms with Gasteiger partial charge in [0.2, 0.25) is 0 Å². The first kappa shape index (κ1) is 17.1. The summed E-state index contributed by atoms with van der Waals surface area (Å²) >= 11 is 0. The highest BCUT2D eigenvalue weighted by Crippen LogP contribution is 2.27. The molecule has 0 radical (unpaired) electrons. The van der Waals surface area contributed by atoms with Gasteiger partial charge in [-0.3, -0.25) is 14.3 Å². The van der Waals surface area contributed by atoms with Crippen LogP contribution in [0.25, 0.3) is 0 Å². The van der Waals surface area contributed by atoms with E-state index in [9.17, 15) is 13.6 Å². The number of alkyl halides is 2. The Kier molecular flexibility index (Phi) is 5.10. The summed E-state index contributed by atoms with van der Waals surface area (Å²) in [5.41, 5.74) is 1.22. The minimum absolute atomic E-state index is 0.164. The predicted molar refractivity (Wildman–Crippen MR) is 80.9 cm³/mol. The molecule has 1 aromatic carbocycles. The number of hydrogen-bond acceptors (Lipinski definition) is 3. The molecule has 1 aromatic heterocycles. The number of carbonyl (C=O) groups excluding carboxylic acids is 1. The summed E-state index contributed by atoms with van der Waals surface area (Å²) in [6.07, 6.45) is -1.55. The number of hydrogen-bond donors (Lipinski definition) is 0. The van der Waals surface area contributed by atoms with Gasteiger partial charge in [0.15, 0.2) is 0 Å². The average Bonchev–Trinajstić information content (AvgIpc) is 2.90. The third kappa shape index (κ3) is 3.56. The molecule has 7 heteroatoms. The van der Waals surface area contributed by atoms with Crippen LogP contribution >= 0.6 is 0 Å². The summed E-state index contributed by atoms with van der Waals surface area (Å²) in [5.74, 6) is -0.649. The minimum atomic E-state index is -2.83. The second-order valence-corrected chi connectivity index (χ2v) is 5.30. The summed E-state index contributed by atoms with van der Waals surface area (Å²) in [5, 5.41) is 4.73. The first-order valence-corrected chi connectivity index (χ1v) is 7.11. The van der Waals surface area contributed by atoms with E-state index in [2.05, 4.69) is 5.10 Å². The first-order valence-electron chi connectivity index (χ1n) is 7.11. The summed E-state index contributed by atoms with van der Waals surface area (Å²) < 4.78 is 27.3. The summed E-state index contributed by atoms with van der Waals surface area (Å²) in [4.78, 5) is 17.8. The van der Waals surface area contributed by atoms with E-state index in [0.29, 0.717) is 0 Å². The van der Waals surface area contributed by atoms with Gasteiger partial charge in [0, 0.05) is 13.2 Å². The Bertz CT molecular complexity index is 683. The highest BCUT2D eigenvalue weighted by molar-refractivity contribution is 5.94. The number of carbonyl (C=O) groups is 1. The SMILES string of the molecule is CON(C(=O)c1cn(C)nc1C(F)F)C(C)c1ccc(C)cc1. The van der Waals surface area contributed by atoms with E-state index in [1.807, 2.05) is 31.2 Å². The molecule has 124 valence electrons. The molecule has 1 atom stereocenters. The molecule has 0 aliphatic rings. The second-order valence-electron chi connectivity index (χ2n) is 5.30. The number of rotatable bonds is 5. The molecule has 0 fully saturated rings. The first-order chi connectivity index (χ1) is 10.8. The smallest absolute Gasteiger partial charge is 0.275 e. The largest absolute Gasteiger partial charge is 0.282 e. The molecule has 0 aliphatic carbocycles. The van der Waals surface area contributed by atoms with Crippen molar-refractivity contribution in [2.75, 3.05) is 7.11 Å². The summed E-state index contributed by atoms with van der Waals surface area (Å²) in [6.45, 7) is 3.72. The van der Waals surface area contributed by atoms with Gasteiger partial charge in [-0.1, -0.05) is 29.8 Å². The zero-order valence-electron chi connectivity index (χ0n) is 13.5. The maximum Gasteiger partial charge on any atom is 0.282 e. The molecule has 0 spiro atoms. The number of hydroxylamine groups is 2. The molecule has 1 heterocycles. The Morgan fingerprint density at radius 1 is 1.30 bits per heavy atom. The molecular weight excluding hydrogens is 304 g/mol. The van der Waals surface area contributed by atoms with Gasteiger partial charge in [0.1, 0.15) is 5.69 Å². The predicted octanol–water partition coefficient (Wildman–Crippen LogP) is 3.43. The fourth-order valence-electron chi connectivity index (χ4n) is 2.35. The average molecular weight is 323 g/mol. The fraction of sp³-hybridized carbons (Fsp3) is 0.375. The quantitative estimate of drug-likeness (QED) is 0.792. The van der Waals surface area contributed by atoms with Crippen molar-refractivity contribution in [3.05, 3.63) is 52.8 Å². The Morgan fingerprint density at radius 2 is 1.91 bits per heavy atom. The van der Waals surface area contributed by atoms with E-state index in [1.165, 1.54) is 25.0 Å². The van der Waals surface area contributed by atoms with Gasteiger partial charge in [-0.05, 0) is 19.4 Å². The molecule has 0 bridgehead atoms. The molecule has 0 saturated carbocycles. The third-order valence-corrected chi connectivity index (χ3v) is 3.60. The zero-order chi connectivity index (χ0) is 17.1. The molecule has 23 heavy (non-hydrogen) atoms. The Morgan fingerprint density at radius 3 is 2.43 bits per heavy atom. The Balaban J connectivity index is 2.33. The van der Waals surface area contributed by atoms with Crippen molar-refractivity contribution >= 4 is 5.91 Å². The fourth-order valence-corrected chi connectivity index (χ4v) is 2.35. The molecule has 1 unspecified atom stereocenters. The van der Waals surface area contributed by atoms with Crippen molar-refractivity contribution in [1.82, 2.24) is 14.8 Å². The van der Waals surface area contributed by atoms with Crippen LogP contribution in [-0.2, 0) is 11.9 Å². The minimum Gasteiger partial charge on any atom is -0.275 e. The number of benzene rings is 1. The van der Waals surface area contributed by atoms with Gasteiger partial charge < -0.3 is 0 Å². The molecule has 0 saturated heterocycles. The van der Waals surface area contributed by atoms with Gasteiger partial charge in [0.05, 0.1) is 18.7 Å². The Hall–Kier alpha value is -2.28. The van der Waals surface area contributed by atoms with Crippen molar-refractivity contribution in [2.45, 2.75) is 26.3 Å². The highest BCUT2D eigenvalue weighted by atomic mass is 19.3. The van der Waals surface area contributed by atoms with Gasteiger partial charge in [-0.2, -0.15) is 5.10 Å². The number of amides is 1. The lowest BCUT2D eigenvalue weighted by Gasteiger charge is -2.26. The van der Waals surface area contributed by atoms with Gasteiger partial charge in [-0.15, -0.1) is 0 Å². The van der Waals surface area contributed by atoms with Crippen LogP contribution in [0.2, 0.25) is 0 Å². The standard InChI is InChI=1S/C16H19F2N3O2/c1-10-5-7-12(8-6-10)11(2)21(23-4)16(22)13-9-20(3)19-14(13)15(17)18/h5-9,11,15H,1-4H3. The normalized spacial score (nSPS) is 12.5. The topological polar surface area (TPSA) is 47.4 Å². The number of aryl methyl sites for hydroxylation is 2. The van der Waals surface area contributed by atoms with E-state index < -0.39 is 24.1 Å². The van der Waals surface area contributed by atoms with Crippen LogP contribution in [0.5, 0.6) is 0 Å². The van der Waals surface area contributed by atoms with E-state index >= 15 is 0 Å². The van der Waals surface area contributed by atoms with Crippen LogP contribution in [0.4, 0.5) is 8.78 Å². The van der Waals surface area contributed by atoms with Crippen LogP contribution in [0, 0.1) is 6.92 Å². The summed E-state index contributed by atoms with van der Waals surface area (Å²) in [7, 11) is 2.82. The molecule has 5 nitrogen and oxygen atoms in total. The van der Waals surface area contributed by atoms with Gasteiger partial charge in [0.25, 0.3) is 12.3 Å². The third-order valence-electron chi connectivity index (χ3n) is 3.60. The molecule has 0 aliphatic heterocycles. The highest BCUT2D eigenvalue weighted by Gasteiger charge is 2.29. The molecule has 2 rings (SSSR count). The van der Waals surface area contributed by atoms with Crippen molar-refractivity contribution in [2.24, 2.45) is 7.05 Å². The second kappa shape index (κ2) is 6.87. The van der Waals surface area contributed by atoms with Gasteiger partial charge >= 0.3 is 0 Å². The van der Waals surface area contributed by atoms with E-state index in [4.69, 9.17) is 4.84 Å². The van der Waals surface area contributed by atoms with Crippen LogP contribution < -0.4 is 0 Å². The zero-order valence-corrected chi connectivity index (χ0v) is 13.5. The van der Waals surface area contributed by atoms with E-state index in [-0.39, 0.29) is 5.56 Å². The van der Waals surface area contributed by atoms with Crippen molar-refractivity contribution in [3.8, 4) is 0 Å². The maximum atomic E-state index is 13.0. The van der Waals surface area contributed by atoms with Gasteiger partial charge in [-0.25, -0.2) is 13.8 Å². The van der Waals surface area contributed by atoms with Crippen molar-refractivity contribution in [3.63, 3.8) is 0 Å². The van der Waals surface area contributed by atoms with Crippen molar-refractivity contribution in [1.29, 1.82) is 0 Å². The van der Waals surface area contributed by atoms with E-state index in [0.717, 1.165) is 16.2 Å². The monoisotopic (exact) mass is 323 g/mol. The lowest BCUT2D eigenvalue weighted by atomic mass is 10.1. The number of nitrogens with zero attached hydrogens (tertiary/aromatic N) is 3. The van der Waals surface area contributed by atoms with Crippen LogP contribution in [0.15, 0.2) is 30.5 Å². The maximum absolute atomic E-state index is 13.0.